The predicted molar refractivity (Wildman–Crippen MR) is 92.9 cm³/mol. The molecule has 1 aromatic carbocycles. The smallest absolute Gasteiger partial charge is 0.274 e. The van der Waals surface area contributed by atoms with Gasteiger partial charge in [-0.25, -0.2) is 9.37 Å². The molecule has 1 unspecified atom stereocenters. The van der Waals surface area contributed by atoms with Crippen LogP contribution in [0.15, 0.2) is 42.5 Å². The van der Waals surface area contributed by atoms with E-state index in [0.717, 1.165) is 12.8 Å². The minimum absolute atomic E-state index is 0.0795. The third-order valence-corrected chi connectivity index (χ3v) is 4.27. The molecule has 1 atom stereocenters. The number of anilines is 1. The van der Waals surface area contributed by atoms with Gasteiger partial charge in [0, 0.05) is 13.1 Å². The summed E-state index contributed by atoms with van der Waals surface area (Å²) in [7, 11) is 0. The molecule has 1 fully saturated rings. The summed E-state index contributed by atoms with van der Waals surface area (Å²) >= 11 is 0. The molecular weight excluding hydrogens is 321 g/mol. The number of nitrogens with zero attached hydrogens (tertiary/aromatic N) is 2. The van der Waals surface area contributed by atoms with Gasteiger partial charge in [0.25, 0.3) is 11.8 Å². The number of aromatic nitrogens is 1. The van der Waals surface area contributed by atoms with Gasteiger partial charge in [0.2, 0.25) is 0 Å². The van der Waals surface area contributed by atoms with Crippen molar-refractivity contribution in [2.75, 3.05) is 18.4 Å². The van der Waals surface area contributed by atoms with Crippen LogP contribution in [-0.4, -0.2) is 34.8 Å². The van der Waals surface area contributed by atoms with Crippen molar-refractivity contribution in [2.45, 2.75) is 19.8 Å². The first kappa shape index (κ1) is 17.1. The molecule has 1 aliphatic rings. The van der Waals surface area contributed by atoms with Crippen LogP contribution in [0.25, 0.3) is 0 Å². The zero-order chi connectivity index (χ0) is 17.8. The standard InChI is InChI=1S/C19H20FN3O2/c1-13-6-5-11-23(12-13)19(25)17-10-4-9-16(21-17)18(24)22-15-8-3-2-7-14(15)20/h2-4,7-10,13H,5-6,11-12H2,1H3,(H,22,24). The first-order valence-electron chi connectivity index (χ1n) is 8.37. The van der Waals surface area contributed by atoms with Crippen molar-refractivity contribution in [3.63, 3.8) is 0 Å². The van der Waals surface area contributed by atoms with Crippen molar-refractivity contribution >= 4 is 17.5 Å². The third kappa shape index (κ3) is 4.02. The average molecular weight is 341 g/mol. The second-order valence-corrected chi connectivity index (χ2v) is 6.34. The Labute approximate surface area is 145 Å². The maximum atomic E-state index is 13.7. The molecule has 1 saturated heterocycles. The predicted octanol–water partition coefficient (Wildman–Crippen LogP) is 3.35. The number of nitrogens with one attached hydrogen (secondary N) is 1. The Kier molecular flexibility index (Phi) is 5.07. The number of benzene rings is 1. The van der Waals surface area contributed by atoms with E-state index in [1.54, 1.807) is 29.2 Å². The Morgan fingerprint density at radius 1 is 1.16 bits per heavy atom. The number of carbonyl (C=O) groups is 2. The van der Waals surface area contributed by atoms with E-state index in [1.807, 2.05) is 0 Å². The lowest BCUT2D eigenvalue weighted by Crippen LogP contribution is -2.39. The fourth-order valence-electron chi connectivity index (χ4n) is 2.97. The van der Waals surface area contributed by atoms with E-state index in [2.05, 4.69) is 17.2 Å². The summed E-state index contributed by atoms with van der Waals surface area (Å²) < 4.78 is 13.7. The van der Waals surface area contributed by atoms with Gasteiger partial charge >= 0.3 is 0 Å². The molecule has 0 saturated carbocycles. The molecule has 1 aliphatic heterocycles. The second-order valence-electron chi connectivity index (χ2n) is 6.34. The summed E-state index contributed by atoms with van der Waals surface area (Å²) in [6.07, 6.45) is 2.09. The van der Waals surface area contributed by atoms with Gasteiger partial charge in [-0.15, -0.1) is 0 Å². The van der Waals surface area contributed by atoms with Crippen LogP contribution in [0.2, 0.25) is 0 Å². The number of pyridine rings is 1. The molecule has 130 valence electrons. The van der Waals surface area contributed by atoms with E-state index in [1.165, 1.54) is 18.2 Å². The highest BCUT2D eigenvalue weighted by atomic mass is 19.1. The molecule has 2 heterocycles. The van der Waals surface area contributed by atoms with Crippen LogP contribution in [0, 0.1) is 11.7 Å². The monoisotopic (exact) mass is 341 g/mol. The number of carbonyl (C=O) groups excluding carboxylic acids is 2. The van der Waals surface area contributed by atoms with Gasteiger partial charge in [-0.2, -0.15) is 0 Å². The lowest BCUT2D eigenvalue weighted by Gasteiger charge is -2.30. The Hall–Kier alpha value is -2.76. The minimum Gasteiger partial charge on any atom is -0.337 e. The van der Waals surface area contributed by atoms with Crippen molar-refractivity contribution < 1.29 is 14.0 Å². The summed E-state index contributed by atoms with van der Waals surface area (Å²) in [6, 6.07) is 10.6. The van der Waals surface area contributed by atoms with Crippen LogP contribution < -0.4 is 5.32 Å². The summed E-state index contributed by atoms with van der Waals surface area (Å²) in [5, 5.41) is 2.48. The Balaban J connectivity index is 1.75. The summed E-state index contributed by atoms with van der Waals surface area (Å²) in [6.45, 7) is 3.52. The summed E-state index contributed by atoms with van der Waals surface area (Å²) in [5.41, 5.74) is 0.394. The van der Waals surface area contributed by atoms with Gasteiger partial charge in [-0.05, 0) is 43.0 Å². The van der Waals surface area contributed by atoms with Crippen LogP contribution in [0.5, 0.6) is 0 Å². The molecule has 25 heavy (non-hydrogen) atoms. The largest absolute Gasteiger partial charge is 0.337 e. The van der Waals surface area contributed by atoms with E-state index in [4.69, 9.17) is 0 Å². The second kappa shape index (κ2) is 7.42. The molecule has 0 bridgehead atoms. The molecule has 3 rings (SSSR count). The maximum Gasteiger partial charge on any atom is 0.274 e. The van der Waals surface area contributed by atoms with Gasteiger partial charge in [-0.1, -0.05) is 25.1 Å². The number of likely N-dealkylation sites (tertiary alicyclic amines) is 1. The Morgan fingerprint density at radius 2 is 1.92 bits per heavy atom. The van der Waals surface area contributed by atoms with E-state index >= 15 is 0 Å². The molecule has 0 radical (unpaired) electrons. The summed E-state index contributed by atoms with van der Waals surface area (Å²) in [4.78, 5) is 30.9. The molecule has 0 spiro atoms. The van der Waals surface area contributed by atoms with E-state index in [0.29, 0.717) is 19.0 Å². The zero-order valence-corrected chi connectivity index (χ0v) is 14.0. The fourth-order valence-corrected chi connectivity index (χ4v) is 2.97. The van der Waals surface area contributed by atoms with Gasteiger partial charge in [0.15, 0.2) is 0 Å². The van der Waals surface area contributed by atoms with Crippen LogP contribution >= 0.6 is 0 Å². The topological polar surface area (TPSA) is 62.3 Å². The van der Waals surface area contributed by atoms with Gasteiger partial charge < -0.3 is 10.2 Å². The molecule has 2 aromatic rings. The van der Waals surface area contributed by atoms with Crippen molar-refractivity contribution in [2.24, 2.45) is 5.92 Å². The van der Waals surface area contributed by atoms with Crippen molar-refractivity contribution in [3.05, 3.63) is 59.7 Å². The highest BCUT2D eigenvalue weighted by molar-refractivity contribution is 6.03. The van der Waals surface area contributed by atoms with Crippen molar-refractivity contribution in [3.8, 4) is 0 Å². The lowest BCUT2D eigenvalue weighted by atomic mass is 10.00. The molecule has 1 N–H and O–H groups in total. The third-order valence-electron chi connectivity index (χ3n) is 4.27. The van der Waals surface area contributed by atoms with Crippen LogP contribution in [-0.2, 0) is 0 Å². The number of rotatable bonds is 3. The molecule has 0 aliphatic carbocycles. The normalized spacial score (nSPS) is 17.2. The van der Waals surface area contributed by atoms with Crippen molar-refractivity contribution in [1.29, 1.82) is 0 Å². The number of amides is 2. The number of piperidine rings is 1. The van der Waals surface area contributed by atoms with Gasteiger partial charge in [-0.3, -0.25) is 9.59 Å². The fraction of sp³-hybridized carbons (Fsp3) is 0.316. The highest BCUT2D eigenvalue weighted by Gasteiger charge is 2.23. The SMILES string of the molecule is CC1CCCN(C(=O)c2cccc(C(=O)Nc3ccccc3F)n2)C1. The number of hydrogen-bond acceptors (Lipinski definition) is 3. The van der Waals surface area contributed by atoms with E-state index in [-0.39, 0.29) is 23.0 Å². The quantitative estimate of drug-likeness (QED) is 0.931. The van der Waals surface area contributed by atoms with Gasteiger partial charge in [0.1, 0.15) is 17.2 Å². The molecular formula is C19H20FN3O2. The van der Waals surface area contributed by atoms with Crippen LogP contribution in [0.3, 0.4) is 0 Å². The van der Waals surface area contributed by atoms with Crippen LogP contribution in [0.1, 0.15) is 40.7 Å². The molecule has 5 nitrogen and oxygen atoms in total. The number of para-hydroxylation sites is 1. The van der Waals surface area contributed by atoms with E-state index in [9.17, 15) is 14.0 Å². The van der Waals surface area contributed by atoms with Crippen LogP contribution in [0.4, 0.5) is 10.1 Å². The number of halogens is 1. The first-order chi connectivity index (χ1) is 12.0. The highest BCUT2D eigenvalue weighted by Crippen LogP contribution is 2.18. The minimum atomic E-state index is -0.549. The zero-order valence-electron chi connectivity index (χ0n) is 14.0. The Bertz CT molecular complexity index is 794. The molecule has 1 aromatic heterocycles. The van der Waals surface area contributed by atoms with Gasteiger partial charge in [0.05, 0.1) is 5.69 Å². The Morgan fingerprint density at radius 3 is 2.68 bits per heavy atom. The average Bonchev–Trinajstić information content (AvgIpc) is 2.63. The van der Waals surface area contributed by atoms with E-state index < -0.39 is 11.7 Å². The molecule has 2 amide bonds. The lowest BCUT2D eigenvalue weighted by molar-refractivity contribution is 0.0677. The first-order valence-corrected chi connectivity index (χ1v) is 8.37. The number of hydrogen-bond donors (Lipinski definition) is 1. The molecule has 6 heteroatoms. The van der Waals surface area contributed by atoms with Crippen molar-refractivity contribution in [1.82, 2.24) is 9.88 Å². The maximum absolute atomic E-state index is 13.7. The summed E-state index contributed by atoms with van der Waals surface area (Å²) in [5.74, 6) is -0.783.